The Balaban J connectivity index is 1.53. The average Bonchev–Trinajstić information content (AvgIpc) is 2.76. The van der Waals surface area contributed by atoms with E-state index in [0.717, 1.165) is 29.8 Å². The number of hydrogen-bond donors (Lipinski definition) is 1. The standard InChI is InChI=1S/C22H26N2O5/c1-27-19-10-17-8-9-24(13-18(17)11-20(19)28-2)14-21(25)23-12-15-4-6-16(7-5-15)22(26)29-3/h4-7,10-11H,8-9,12-14H2,1-3H3,(H,23,25). The van der Waals surface area contributed by atoms with Crippen molar-refractivity contribution in [3.8, 4) is 11.5 Å². The molecule has 0 unspecified atom stereocenters. The van der Waals surface area contributed by atoms with Gasteiger partial charge in [-0.15, -0.1) is 0 Å². The van der Waals surface area contributed by atoms with Crippen molar-refractivity contribution in [3.63, 3.8) is 0 Å². The number of hydrogen-bond acceptors (Lipinski definition) is 6. The maximum Gasteiger partial charge on any atom is 0.337 e. The molecule has 0 aliphatic carbocycles. The molecule has 0 aromatic heterocycles. The lowest BCUT2D eigenvalue weighted by Crippen LogP contribution is -2.39. The van der Waals surface area contributed by atoms with Gasteiger partial charge < -0.3 is 19.5 Å². The number of amides is 1. The summed E-state index contributed by atoms with van der Waals surface area (Å²) in [6.45, 7) is 2.24. The van der Waals surface area contributed by atoms with Gasteiger partial charge in [0.25, 0.3) is 0 Å². The highest BCUT2D eigenvalue weighted by Crippen LogP contribution is 2.33. The lowest BCUT2D eigenvalue weighted by molar-refractivity contribution is -0.122. The largest absolute Gasteiger partial charge is 0.493 e. The van der Waals surface area contributed by atoms with Gasteiger partial charge in [-0.2, -0.15) is 0 Å². The van der Waals surface area contributed by atoms with Crippen molar-refractivity contribution >= 4 is 11.9 Å². The molecule has 29 heavy (non-hydrogen) atoms. The van der Waals surface area contributed by atoms with Crippen LogP contribution in [0.3, 0.4) is 0 Å². The Morgan fingerprint density at radius 3 is 2.28 bits per heavy atom. The molecule has 2 aromatic carbocycles. The van der Waals surface area contributed by atoms with E-state index in [4.69, 9.17) is 9.47 Å². The molecule has 0 bridgehead atoms. The van der Waals surface area contributed by atoms with Crippen LogP contribution in [0, 0.1) is 0 Å². The summed E-state index contributed by atoms with van der Waals surface area (Å²) in [5.41, 5.74) is 3.79. The van der Waals surface area contributed by atoms with Crippen molar-refractivity contribution in [1.82, 2.24) is 10.2 Å². The maximum absolute atomic E-state index is 12.4. The molecule has 3 rings (SSSR count). The van der Waals surface area contributed by atoms with Crippen LogP contribution in [0.1, 0.15) is 27.0 Å². The Hall–Kier alpha value is -3.06. The highest BCUT2D eigenvalue weighted by atomic mass is 16.5. The van der Waals surface area contributed by atoms with Crippen LogP contribution in [0.25, 0.3) is 0 Å². The molecule has 1 amide bonds. The molecule has 0 radical (unpaired) electrons. The van der Waals surface area contributed by atoms with Gasteiger partial charge in [-0.3, -0.25) is 9.69 Å². The lowest BCUT2D eigenvalue weighted by atomic mass is 9.99. The zero-order valence-electron chi connectivity index (χ0n) is 17.0. The molecule has 1 aliphatic rings. The second kappa shape index (κ2) is 9.43. The van der Waals surface area contributed by atoms with Crippen LogP contribution in [-0.4, -0.2) is 51.2 Å². The molecule has 7 heteroatoms. The van der Waals surface area contributed by atoms with Gasteiger partial charge in [-0.05, 0) is 47.4 Å². The van der Waals surface area contributed by atoms with Crippen molar-refractivity contribution < 1.29 is 23.8 Å². The molecular weight excluding hydrogens is 372 g/mol. The molecule has 0 spiro atoms. The van der Waals surface area contributed by atoms with Gasteiger partial charge in [0.05, 0.1) is 33.4 Å². The number of nitrogens with one attached hydrogen (secondary N) is 1. The van der Waals surface area contributed by atoms with E-state index in [1.807, 2.05) is 24.3 Å². The fraction of sp³-hybridized carbons (Fsp3) is 0.364. The lowest BCUT2D eigenvalue weighted by Gasteiger charge is -2.29. The minimum atomic E-state index is -0.375. The molecule has 1 N–H and O–H groups in total. The topological polar surface area (TPSA) is 77.1 Å². The van der Waals surface area contributed by atoms with Gasteiger partial charge in [-0.25, -0.2) is 4.79 Å². The number of esters is 1. The van der Waals surface area contributed by atoms with Gasteiger partial charge in [0.1, 0.15) is 0 Å². The van der Waals surface area contributed by atoms with Crippen LogP contribution in [0.5, 0.6) is 11.5 Å². The first-order chi connectivity index (χ1) is 14.0. The van der Waals surface area contributed by atoms with E-state index in [9.17, 15) is 9.59 Å². The SMILES string of the molecule is COC(=O)c1ccc(CNC(=O)CN2CCc3cc(OC)c(OC)cc3C2)cc1. The quantitative estimate of drug-likeness (QED) is 0.721. The summed E-state index contributed by atoms with van der Waals surface area (Å²) in [5, 5.41) is 2.93. The summed E-state index contributed by atoms with van der Waals surface area (Å²) in [5.74, 6) is 1.02. The fourth-order valence-corrected chi connectivity index (χ4v) is 3.41. The zero-order chi connectivity index (χ0) is 20.8. The van der Waals surface area contributed by atoms with Crippen molar-refractivity contribution in [1.29, 1.82) is 0 Å². The van der Waals surface area contributed by atoms with Crippen LogP contribution in [0.2, 0.25) is 0 Å². The van der Waals surface area contributed by atoms with Crippen molar-refractivity contribution in [3.05, 3.63) is 58.7 Å². The molecule has 1 heterocycles. The molecule has 0 fully saturated rings. The molecular formula is C22H26N2O5. The molecule has 0 atom stereocenters. The van der Waals surface area contributed by atoms with E-state index in [1.54, 1.807) is 26.4 Å². The van der Waals surface area contributed by atoms with E-state index < -0.39 is 0 Å². The number of carbonyl (C=O) groups excluding carboxylic acids is 2. The third-order valence-corrected chi connectivity index (χ3v) is 5.03. The summed E-state index contributed by atoms with van der Waals surface area (Å²) < 4.78 is 15.4. The van der Waals surface area contributed by atoms with Crippen LogP contribution in [0.4, 0.5) is 0 Å². The Morgan fingerprint density at radius 2 is 1.66 bits per heavy atom. The highest BCUT2D eigenvalue weighted by Gasteiger charge is 2.21. The first kappa shape index (κ1) is 20.7. The summed E-state index contributed by atoms with van der Waals surface area (Å²) in [7, 11) is 4.60. The number of carbonyl (C=O) groups is 2. The summed E-state index contributed by atoms with van der Waals surface area (Å²) in [4.78, 5) is 25.9. The number of nitrogens with zero attached hydrogens (tertiary/aromatic N) is 1. The predicted octanol–water partition coefficient (Wildman–Crippen LogP) is 2.16. The Labute approximate surface area is 170 Å². The minimum Gasteiger partial charge on any atom is -0.493 e. The Morgan fingerprint density at radius 1 is 1.00 bits per heavy atom. The van der Waals surface area contributed by atoms with E-state index in [1.165, 1.54) is 12.7 Å². The third kappa shape index (κ3) is 5.06. The number of methoxy groups -OCH3 is 3. The Bertz CT molecular complexity index is 880. The van der Waals surface area contributed by atoms with Crippen LogP contribution in [0.15, 0.2) is 36.4 Å². The van der Waals surface area contributed by atoms with E-state index in [-0.39, 0.29) is 11.9 Å². The normalized spacial score (nSPS) is 13.3. The minimum absolute atomic E-state index is 0.0361. The van der Waals surface area contributed by atoms with Crippen LogP contribution < -0.4 is 14.8 Å². The highest BCUT2D eigenvalue weighted by molar-refractivity contribution is 5.89. The van der Waals surface area contributed by atoms with Gasteiger partial charge in [0.2, 0.25) is 5.91 Å². The molecule has 2 aromatic rings. The molecule has 0 saturated carbocycles. The van der Waals surface area contributed by atoms with Gasteiger partial charge >= 0.3 is 5.97 Å². The van der Waals surface area contributed by atoms with Crippen LogP contribution in [-0.2, 0) is 29.0 Å². The fourth-order valence-electron chi connectivity index (χ4n) is 3.41. The third-order valence-electron chi connectivity index (χ3n) is 5.03. The number of rotatable bonds is 7. The first-order valence-electron chi connectivity index (χ1n) is 9.44. The maximum atomic E-state index is 12.4. The summed E-state index contributed by atoms with van der Waals surface area (Å²) in [6.07, 6.45) is 0.859. The van der Waals surface area contributed by atoms with Gasteiger partial charge in [-0.1, -0.05) is 12.1 Å². The second-order valence-corrected chi connectivity index (χ2v) is 6.90. The summed E-state index contributed by atoms with van der Waals surface area (Å²) >= 11 is 0. The summed E-state index contributed by atoms with van der Waals surface area (Å²) in [6, 6.07) is 11.0. The van der Waals surface area contributed by atoms with E-state index in [2.05, 4.69) is 15.0 Å². The number of benzene rings is 2. The van der Waals surface area contributed by atoms with Crippen molar-refractivity contribution in [2.75, 3.05) is 34.4 Å². The van der Waals surface area contributed by atoms with Gasteiger partial charge in [0, 0.05) is 19.6 Å². The smallest absolute Gasteiger partial charge is 0.337 e. The van der Waals surface area contributed by atoms with Crippen LogP contribution >= 0.6 is 0 Å². The molecule has 7 nitrogen and oxygen atoms in total. The van der Waals surface area contributed by atoms with E-state index in [0.29, 0.717) is 30.9 Å². The zero-order valence-corrected chi connectivity index (χ0v) is 17.0. The Kier molecular flexibility index (Phi) is 6.72. The molecule has 0 saturated heterocycles. The number of fused-ring (bicyclic) bond motifs is 1. The van der Waals surface area contributed by atoms with Crippen molar-refractivity contribution in [2.24, 2.45) is 0 Å². The average molecular weight is 398 g/mol. The van der Waals surface area contributed by atoms with E-state index >= 15 is 0 Å². The monoisotopic (exact) mass is 398 g/mol. The molecule has 154 valence electrons. The molecule has 1 aliphatic heterocycles. The number of ether oxygens (including phenoxy) is 3. The predicted molar refractivity (Wildman–Crippen MR) is 108 cm³/mol. The van der Waals surface area contributed by atoms with Gasteiger partial charge in [0.15, 0.2) is 11.5 Å². The first-order valence-corrected chi connectivity index (χ1v) is 9.44. The second-order valence-electron chi connectivity index (χ2n) is 6.90. The van der Waals surface area contributed by atoms with Crippen molar-refractivity contribution in [2.45, 2.75) is 19.5 Å².